The van der Waals surface area contributed by atoms with Crippen LogP contribution in [0.15, 0.2) is 22.7 Å². The van der Waals surface area contributed by atoms with Crippen molar-refractivity contribution >= 4 is 21.6 Å². The van der Waals surface area contributed by atoms with Gasteiger partial charge in [-0.05, 0) is 53.5 Å². The number of nitrogens with zero attached hydrogens (tertiary/aromatic N) is 1. The van der Waals surface area contributed by atoms with E-state index in [0.29, 0.717) is 0 Å². The van der Waals surface area contributed by atoms with Crippen molar-refractivity contribution in [1.82, 2.24) is 5.32 Å². The van der Waals surface area contributed by atoms with Gasteiger partial charge in [0, 0.05) is 24.6 Å². The highest BCUT2D eigenvalue weighted by atomic mass is 79.9. The minimum Gasteiger partial charge on any atom is -0.374 e. The lowest BCUT2D eigenvalue weighted by atomic mass is 10.2. The van der Waals surface area contributed by atoms with Crippen LogP contribution in [0.5, 0.6) is 0 Å². The van der Waals surface area contributed by atoms with Crippen LogP contribution in [-0.2, 0) is 6.54 Å². The summed E-state index contributed by atoms with van der Waals surface area (Å²) >= 11 is 3.63. The lowest BCUT2D eigenvalue weighted by Gasteiger charge is -2.19. The van der Waals surface area contributed by atoms with Crippen molar-refractivity contribution in [2.24, 2.45) is 0 Å². The highest BCUT2D eigenvalue weighted by Gasteiger charge is 2.04. The van der Waals surface area contributed by atoms with E-state index in [2.05, 4.69) is 65.2 Å². The number of nitrogens with one attached hydrogen (secondary N) is 1. The van der Waals surface area contributed by atoms with Crippen LogP contribution >= 0.6 is 15.9 Å². The van der Waals surface area contributed by atoms with Gasteiger partial charge in [0.1, 0.15) is 0 Å². The fraction of sp³-hybridized carbons (Fsp3) is 0.538. The molecule has 0 aliphatic heterocycles. The predicted octanol–water partition coefficient (Wildman–Crippen LogP) is 3.40. The third-order valence-electron chi connectivity index (χ3n) is 2.65. The molecule has 16 heavy (non-hydrogen) atoms. The van der Waals surface area contributed by atoms with Gasteiger partial charge >= 0.3 is 0 Å². The Morgan fingerprint density at radius 1 is 1.31 bits per heavy atom. The number of hydrogen-bond acceptors (Lipinski definition) is 2. The van der Waals surface area contributed by atoms with Gasteiger partial charge in [-0.3, -0.25) is 0 Å². The molecule has 1 aromatic carbocycles. The van der Waals surface area contributed by atoms with Crippen LogP contribution in [0.1, 0.15) is 25.8 Å². The van der Waals surface area contributed by atoms with E-state index < -0.39 is 0 Å². The predicted molar refractivity (Wildman–Crippen MR) is 75.1 cm³/mol. The fourth-order valence-electron chi connectivity index (χ4n) is 1.55. The van der Waals surface area contributed by atoms with Gasteiger partial charge in [-0.25, -0.2) is 0 Å². The second kappa shape index (κ2) is 6.92. The molecule has 0 unspecified atom stereocenters. The standard InChI is InChI=1S/C13H21BrN2/c1-4-8-15-10-11-6-7-13(12(14)9-11)16(3)5-2/h6-7,9,15H,4-5,8,10H2,1-3H3. The second-order valence-corrected chi connectivity index (χ2v) is 4.83. The fourth-order valence-corrected chi connectivity index (χ4v) is 2.28. The number of benzene rings is 1. The van der Waals surface area contributed by atoms with Crippen molar-refractivity contribution in [2.75, 3.05) is 25.0 Å². The summed E-state index contributed by atoms with van der Waals surface area (Å²) in [6, 6.07) is 6.57. The smallest absolute Gasteiger partial charge is 0.0508 e. The molecule has 0 amide bonds. The summed E-state index contributed by atoms with van der Waals surface area (Å²) in [5.74, 6) is 0. The Labute approximate surface area is 107 Å². The van der Waals surface area contributed by atoms with Crippen molar-refractivity contribution in [3.05, 3.63) is 28.2 Å². The summed E-state index contributed by atoms with van der Waals surface area (Å²) in [6.45, 7) is 7.38. The average molecular weight is 285 g/mol. The molecule has 0 bridgehead atoms. The van der Waals surface area contributed by atoms with Gasteiger partial charge in [0.15, 0.2) is 0 Å². The minimum atomic E-state index is 0.947. The number of anilines is 1. The maximum absolute atomic E-state index is 3.63. The maximum atomic E-state index is 3.63. The first-order valence-corrected chi connectivity index (χ1v) is 6.68. The average Bonchev–Trinajstić information content (AvgIpc) is 2.29. The third-order valence-corrected chi connectivity index (χ3v) is 3.29. The van der Waals surface area contributed by atoms with E-state index in [-0.39, 0.29) is 0 Å². The van der Waals surface area contributed by atoms with Crippen LogP contribution in [0.4, 0.5) is 5.69 Å². The van der Waals surface area contributed by atoms with Crippen LogP contribution < -0.4 is 10.2 Å². The highest BCUT2D eigenvalue weighted by Crippen LogP contribution is 2.26. The molecule has 0 atom stereocenters. The largest absolute Gasteiger partial charge is 0.374 e. The van der Waals surface area contributed by atoms with Gasteiger partial charge in [0.05, 0.1) is 5.69 Å². The molecular weight excluding hydrogens is 264 g/mol. The molecule has 0 saturated heterocycles. The molecule has 0 saturated carbocycles. The van der Waals surface area contributed by atoms with Gasteiger partial charge in [0.2, 0.25) is 0 Å². The van der Waals surface area contributed by atoms with E-state index in [1.54, 1.807) is 0 Å². The van der Waals surface area contributed by atoms with E-state index in [9.17, 15) is 0 Å². The Balaban J connectivity index is 2.67. The van der Waals surface area contributed by atoms with Crippen molar-refractivity contribution in [1.29, 1.82) is 0 Å². The molecule has 0 aliphatic carbocycles. The molecule has 1 N–H and O–H groups in total. The minimum absolute atomic E-state index is 0.947. The Bertz CT molecular complexity index is 326. The van der Waals surface area contributed by atoms with Crippen LogP contribution in [0.25, 0.3) is 0 Å². The molecule has 0 fully saturated rings. The van der Waals surface area contributed by atoms with Crippen molar-refractivity contribution in [3.63, 3.8) is 0 Å². The van der Waals surface area contributed by atoms with Gasteiger partial charge in [-0.15, -0.1) is 0 Å². The first-order chi connectivity index (χ1) is 7.69. The summed E-state index contributed by atoms with van der Waals surface area (Å²) in [7, 11) is 2.11. The molecule has 1 aromatic rings. The maximum Gasteiger partial charge on any atom is 0.0508 e. The summed E-state index contributed by atoms with van der Waals surface area (Å²) in [5, 5.41) is 3.41. The molecule has 2 nitrogen and oxygen atoms in total. The van der Waals surface area contributed by atoms with Crippen LogP contribution in [0, 0.1) is 0 Å². The van der Waals surface area contributed by atoms with Crippen LogP contribution in [-0.4, -0.2) is 20.1 Å². The zero-order valence-corrected chi connectivity index (χ0v) is 12.0. The summed E-state index contributed by atoms with van der Waals surface area (Å²) in [5.41, 5.74) is 2.58. The van der Waals surface area contributed by atoms with Crippen LogP contribution in [0.2, 0.25) is 0 Å². The lowest BCUT2D eigenvalue weighted by molar-refractivity contribution is 0.675. The Morgan fingerprint density at radius 3 is 2.62 bits per heavy atom. The number of hydrogen-bond donors (Lipinski definition) is 1. The van der Waals surface area contributed by atoms with Gasteiger partial charge in [0.25, 0.3) is 0 Å². The molecule has 3 heteroatoms. The van der Waals surface area contributed by atoms with E-state index in [1.807, 2.05) is 0 Å². The molecule has 0 aromatic heterocycles. The number of rotatable bonds is 6. The molecule has 0 radical (unpaired) electrons. The van der Waals surface area contributed by atoms with E-state index in [1.165, 1.54) is 22.1 Å². The van der Waals surface area contributed by atoms with Crippen molar-refractivity contribution in [2.45, 2.75) is 26.8 Å². The molecule has 0 spiro atoms. The zero-order chi connectivity index (χ0) is 12.0. The summed E-state index contributed by atoms with van der Waals surface area (Å²) < 4.78 is 1.17. The van der Waals surface area contributed by atoms with Gasteiger partial charge in [-0.2, -0.15) is 0 Å². The quantitative estimate of drug-likeness (QED) is 0.806. The highest BCUT2D eigenvalue weighted by molar-refractivity contribution is 9.10. The third kappa shape index (κ3) is 3.80. The molecule has 1 rings (SSSR count). The topological polar surface area (TPSA) is 15.3 Å². The number of halogens is 1. The lowest BCUT2D eigenvalue weighted by Crippen LogP contribution is -2.17. The van der Waals surface area contributed by atoms with E-state index in [0.717, 1.165) is 19.6 Å². The van der Waals surface area contributed by atoms with Gasteiger partial charge in [-0.1, -0.05) is 13.0 Å². The SMILES string of the molecule is CCCNCc1ccc(N(C)CC)c(Br)c1. The molecule has 90 valence electrons. The van der Waals surface area contributed by atoms with Gasteiger partial charge < -0.3 is 10.2 Å². The Kier molecular flexibility index (Phi) is 5.85. The van der Waals surface area contributed by atoms with Crippen molar-refractivity contribution in [3.8, 4) is 0 Å². The summed E-state index contributed by atoms with van der Waals surface area (Å²) in [4.78, 5) is 2.23. The normalized spacial score (nSPS) is 10.5. The van der Waals surface area contributed by atoms with Crippen LogP contribution in [0.3, 0.4) is 0 Å². The Morgan fingerprint density at radius 2 is 2.06 bits per heavy atom. The van der Waals surface area contributed by atoms with E-state index in [4.69, 9.17) is 0 Å². The Hall–Kier alpha value is -0.540. The first kappa shape index (κ1) is 13.5. The van der Waals surface area contributed by atoms with E-state index >= 15 is 0 Å². The monoisotopic (exact) mass is 284 g/mol. The molecule has 0 heterocycles. The zero-order valence-electron chi connectivity index (χ0n) is 10.4. The summed E-state index contributed by atoms with van der Waals surface area (Å²) in [6.07, 6.45) is 1.18. The molecule has 0 aliphatic rings. The van der Waals surface area contributed by atoms with Crippen molar-refractivity contribution < 1.29 is 0 Å². The first-order valence-electron chi connectivity index (χ1n) is 5.89. The molecular formula is C13H21BrN2. The second-order valence-electron chi connectivity index (χ2n) is 3.98.